The van der Waals surface area contributed by atoms with Gasteiger partial charge in [-0.1, -0.05) is 42.2 Å². The fourth-order valence-electron chi connectivity index (χ4n) is 1.94. The molecule has 1 amide bonds. The third kappa shape index (κ3) is 3.74. The highest BCUT2D eigenvalue weighted by molar-refractivity contribution is 8.01. The minimum absolute atomic E-state index is 0.109. The summed E-state index contributed by atoms with van der Waals surface area (Å²) < 4.78 is 0.826. The van der Waals surface area contributed by atoms with Gasteiger partial charge in [0.05, 0.1) is 5.69 Å². The zero-order valence-electron chi connectivity index (χ0n) is 12.8. The van der Waals surface area contributed by atoms with Crippen molar-refractivity contribution in [2.45, 2.75) is 17.7 Å². The molecule has 0 aliphatic rings. The fraction of sp³-hybridized carbons (Fsp3) is 0.200. The van der Waals surface area contributed by atoms with Crippen molar-refractivity contribution in [3.63, 3.8) is 0 Å². The molecule has 2 aromatic heterocycles. The summed E-state index contributed by atoms with van der Waals surface area (Å²) in [6.45, 7) is 2.09. The number of benzene rings is 1. The number of carbonyl (C=O) groups excluding carboxylic acids is 1. The standard InChI is InChI=1S/C15H15N5O2S2/c1-2-7-23-15-20-19-14(24-15)16-13(22)11-8-10(17-18-11)9-5-3-4-6-12(9)21/h3-6,8,21H,2,7H2,1H3,(H,17,18)(H,16,19,22). The van der Waals surface area contributed by atoms with Crippen LogP contribution in [0, 0.1) is 0 Å². The van der Waals surface area contributed by atoms with Gasteiger partial charge in [-0.05, 0) is 24.6 Å². The van der Waals surface area contributed by atoms with Crippen molar-refractivity contribution in [1.29, 1.82) is 0 Å². The minimum Gasteiger partial charge on any atom is -0.507 e. The maximum Gasteiger partial charge on any atom is 0.275 e. The number of hydrogen-bond donors (Lipinski definition) is 3. The Morgan fingerprint density at radius 3 is 3.00 bits per heavy atom. The Morgan fingerprint density at radius 1 is 1.38 bits per heavy atom. The van der Waals surface area contributed by atoms with Crippen LogP contribution in [0.2, 0.25) is 0 Å². The Kier molecular flexibility index (Phi) is 5.11. The van der Waals surface area contributed by atoms with Crippen LogP contribution in [0.15, 0.2) is 34.7 Å². The van der Waals surface area contributed by atoms with E-state index in [9.17, 15) is 9.90 Å². The van der Waals surface area contributed by atoms with Gasteiger partial charge in [-0.15, -0.1) is 10.2 Å². The number of thioether (sulfide) groups is 1. The molecule has 0 aliphatic carbocycles. The van der Waals surface area contributed by atoms with Crippen LogP contribution in [0.4, 0.5) is 5.13 Å². The summed E-state index contributed by atoms with van der Waals surface area (Å²) in [4.78, 5) is 12.3. The molecule has 124 valence electrons. The molecule has 1 aromatic carbocycles. The molecular formula is C15H15N5O2S2. The maximum absolute atomic E-state index is 12.3. The van der Waals surface area contributed by atoms with Crippen LogP contribution in [0.5, 0.6) is 5.75 Å². The third-order valence-electron chi connectivity index (χ3n) is 3.06. The molecule has 7 nitrogen and oxygen atoms in total. The van der Waals surface area contributed by atoms with Gasteiger partial charge in [0.15, 0.2) is 4.34 Å². The van der Waals surface area contributed by atoms with E-state index in [2.05, 4.69) is 32.6 Å². The fourth-order valence-corrected chi connectivity index (χ4v) is 3.61. The van der Waals surface area contributed by atoms with Crippen molar-refractivity contribution in [3.05, 3.63) is 36.0 Å². The molecule has 2 heterocycles. The Balaban J connectivity index is 1.70. The first-order chi connectivity index (χ1) is 11.7. The van der Waals surface area contributed by atoms with Crippen molar-refractivity contribution >= 4 is 34.1 Å². The molecule has 9 heteroatoms. The lowest BCUT2D eigenvalue weighted by Gasteiger charge is -1.98. The highest BCUT2D eigenvalue weighted by Gasteiger charge is 2.15. The lowest BCUT2D eigenvalue weighted by atomic mass is 10.1. The Hall–Kier alpha value is -2.39. The molecule has 0 bridgehead atoms. The largest absolute Gasteiger partial charge is 0.507 e. The van der Waals surface area contributed by atoms with Crippen LogP contribution in [0.1, 0.15) is 23.8 Å². The van der Waals surface area contributed by atoms with Gasteiger partial charge in [-0.25, -0.2) is 0 Å². The van der Waals surface area contributed by atoms with Crippen molar-refractivity contribution in [1.82, 2.24) is 20.4 Å². The number of nitrogens with one attached hydrogen (secondary N) is 2. The monoisotopic (exact) mass is 361 g/mol. The highest BCUT2D eigenvalue weighted by atomic mass is 32.2. The first kappa shape index (κ1) is 16.5. The van der Waals surface area contributed by atoms with Crippen molar-refractivity contribution < 1.29 is 9.90 Å². The molecule has 0 atom stereocenters. The SMILES string of the molecule is CCCSc1nnc(NC(=O)c2cc(-c3ccccc3O)n[nH]2)s1. The first-order valence-corrected chi connectivity index (χ1v) is 9.09. The molecule has 24 heavy (non-hydrogen) atoms. The molecule has 3 aromatic rings. The molecule has 0 spiro atoms. The Labute approximate surface area is 146 Å². The molecular weight excluding hydrogens is 346 g/mol. The summed E-state index contributed by atoms with van der Waals surface area (Å²) in [5, 5.41) is 27.7. The van der Waals surface area contributed by atoms with Gasteiger partial charge in [0.2, 0.25) is 5.13 Å². The van der Waals surface area contributed by atoms with E-state index in [1.54, 1.807) is 42.1 Å². The van der Waals surface area contributed by atoms with Crippen LogP contribution in [0.25, 0.3) is 11.3 Å². The van der Waals surface area contributed by atoms with Gasteiger partial charge in [0.1, 0.15) is 11.4 Å². The van der Waals surface area contributed by atoms with E-state index in [0.29, 0.717) is 16.4 Å². The highest BCUT2D eigenvalue weighted by Crippen LogP contribution is 2.28. The van der Waals surface area contributed by atoms with Crippen molar-refractivity contribution in [2.75, 3.05) is 11.1 Å². The van der Waals surface area contributed by atoms with Gasteiger partial charge < -0.3 is 5.11 Å². The smallest absolute Gasteiger partial charge is 0.275 e. The number of amides is 1. The van der Waals surface area contributed by atoms with Gasteiger partial charge >= 0.3 is 0 Å². The van der Waals surface area contributed by atoms with E-state index < -0.39 is 0 Å². The van der Waals surface area contributed by atoms with E-state index in [-0.39, 0.29) is 17.4 Å². The number of H-pyrrole nitrogens is 1. The second-order valence-electron chi connectivity index (χ2n) is 4.86. The summed E-state index contributed by atoms with van der Waals surface area (Å²) in [6, 6.07) is 8.40. The van der Waals surface area contributed by atoms with E-state index in [1.165, 1.54) is 11.3 Å². The van der Waals surface area contributed by atoms with Crippen LogP contribution in [-0.2, 0) is 0 Å². The zero-order valence-corrected chi connectivity index (χ0v) is 14.4. The molecule has 3 N–H and O–H groups in total. The summed E-state index contributed by atoms with van der Waals surface area (Å²) in [7, 11) is 0. The molecule has 3 rings (SSSR count). The summed E-state index contributed by atoms with van der Waals surface area (Å²) >= 11 is 2.95. The quantitative estimate of drug-likeness (QED) is 0.459. The zero-order chi connectivity index (χ0) is 16.9. The van der Waals surface area contributed by atoms with Crippen molar-refractivity contribution in [2.24, 2.45) is 0 Å². The summed E-state index contributed by atoms with van der Waals surface area (Å²) in [5.74, 6) is 0.720. The maximum atomic E-state index is 12.3. The number of anilines is 1. The third-order valence-corrected chi connectivity index (χ3v) is 5.24. The van der Waals surface area contributed by atoms with E-state index in [0.717, 1.165) is 16.5 Å². The molecule has 0 aliphatic heterocycles. The molecule has 0 saturated heterocycles. The Bertz CT molecular complexity index is 846. The van der Waals surface area contributed by atoms with Crippen LogP contribution in [0.3, 0.4) is 0 Å². The molecule has 0 saturated carbocycles. The van der Waals surface area contributed by atoms with E-state index in [1.807, 2.05) is 0 Å². The number of carbonyl (C=O) groups is 1. The van der Waals surface area contributed by atoms with Crippen molar-refractivity contribution in [3.8, 4) is 17.0 Å². The number of aromatic amines is 1. The number of para-hydroxylation sites is 1. The predicted octanol–water partition coefficient (Wildman–Crippen LogP) is 3.39. The average Bonchev–Trinajstić information content (AvgIpc) is 3.23. The number of aromatic nitrogens is 4. The second-order valence-corrected chi connectivity index (χ2v) is 7.18. The van der Waals surface area contributed by atoms with Gasteiger partial charge in [-0.3, -0.25) is 15.2 Å². The number of aromatic hydroxyl groups is 1. The number of rotatable bonds is 6. The van der Waals surface area contributed by atoms with Crippen LogP contribution < -0.4 is 5.32 Å². The number of phenolic OH excluding ortho intramolecular Hbond substituents is 1. The van der Waals surface area contributed by atoms with E-state index in [4.69, 9.17) is 0 Å². The lowest BCUT2D eigenvalue weighted by Crippen LogP contribution is -2.12. The summed E-state index contributed by atoms with van der Waals surface area (Å²) in [6.07, 6.45) is 1.05. The first-order valence-electron chi connectivity index (χ1n) is 7.29. The van der Waals surface area contributed by atoms with Gasteiger partial charge in [-0.2, -0.15) is 5.10 Å². The molecule has 0 radical (unpaired) electrons. The van der Waals surface area contributed by atoms with E-state index >= 15 is 0 Å². The molecule has 0 unspecified atom stereocenters. The average molecular weight is 361 g/mol. The summed E-state index contributed by atoms with van der Waals surface area (Å²) in [5.41, 5.74) is 1.34. The molecule has 0 fully saturated rings. The van der Waals surface area contributed by atoms with Gasteiger partial charge in [0.25, 0.3) is 5.91 Å². The number of phenols is 1. The van der Waals surface area contributed by atoms with Gasteiger partial charge in [0, 0.05) is 11.3 Å². The number of hydrogen-bond acceptors (Lipinski definition) is 7. The predicted molar refractivity (Wildman–Crippen MR) is 94.6 cm³/mol. The van der Waals surface area contributed by atoms with Crippen LogP contribution >= 0.6 is 23.1 Å². The Morgan fingerprint density at radius 2 is 2.21 bits per heavy atom. The topological polar surface area (TPSA) is 104 Å². The van der Waals surface area contributed by atoms with Crippen LogP contribution in [-0.4, -0.2) is 37.2 Å². The minimum atomic E-state index is -0.354. The lowest BCUT2D eigenvalue weighted by molar-refractivity contribution is 0.102. The number of nitrogens with zero attached hydrogens (tertiary/aromatic N) is 3. The normalized spacial score (nSPS) is 10.7. The second kappa shape index (κ2) is 7.45.